The van der Waals surface area contributed by atoms with Crippen LogP contribution >= 0.6 is 23.7 Å². The van der Waals surface area contributed by atoms with Gasteiger partial charge in [-0.2, -0.15) is 0 Å². The van der Waals surface area contributed by atoms with E-state index >= 15 is 0 Å². The van der Waals surface area contributed by atoms with Crippen LogP contribution in [0.25, 0.3) is 0 Å². The molecule has 2 amide bonds. The predicted octanol–water partition coefficient (Wildman–Crippen LogP) is 0.639. The second kappa shape index (κ2) is 8.14. The summed E-state index contributed by atoms with van der Waals surface area (Å²) in [5.74, 6) is -0.538. The molecule has 0 unspecified atom stereocenters. The van der Waals surface area contributed by atoms with Crippen LogP contribution in [0.1, 0.15) is 18.7 Å². The van der Waals surface area contributed by atoms with Crippen LogP contribution in [-0.2, 0) is 15.0 Å². The average molecular weight is 306 g/mol. The number of carbonyl (C=O) groups is 2. The molecule has 7 heteroatoms. The highest BCUT2D eigenvalue weighted by molar-refractivity contribution is 7.10. The molecular formula is C12H20ClN3O2S. The van der Waals surface area contributed by atoms with E-state index in [0.717, 1.165) is 0 Å². The lowest BCUT2D eigenvalue weighted by Gasteiger charge is -2.23. The third-order valence-electron chi connectivity index (χ3n) is 2.55. The quantitative estimate of drug-likeness (QED) is 0.721. The first-order valence-electron chi connectivity index (χ1n) is 5.73. The molecule has 1 aromatic heterocycles. The summed E-state index contributed by atoms with van der Waals surface area (Å²) < 4.78 is 0. The molecule has 0 atom stereocenters. The Labute approximate surface area is 123 Å². The molecule has 0 saturated heterocycles. The van der Waals surface area contributed by atoms with E-state index in [9.17, 15) is 9.59 Å². The first kappa shape index (κ1) is 17.9. The van der Waals surface area contributed by atoms with Crippen molar-refractivity contribution in [2.45, 2.75) is 19.3 Å². The summed E-state index contributed by atoms with van der Waals surface area (Å²) in [5, 5.41) is 7.25. The van der Waals surface area contributed by atoms with Gasteiger partial charge in [-0.15, -0.1) is 23.7 Å². The Bertz CT molecular complexity index is 407. The maximum atomic E-state index is 11.5. The number of hydrogen-bond donors (Lipinski definition) is 3. The molecule has 0 aliphatic carbocycles. The van der Waals surface area contributed by atoms with E-state index in [0.29, 0.717) is 6.54 Å². The molecule has 1 aromatic rings. The van der Waals surface area contributed by atoms with E-state index < -0.39 is 0 Å². The van der Waals surface area contributed by atoms with Crippen LogP contribution in [0.2, 0.25) is 0 Å². The van der Waals surface area contributed by atoms with Crippen LogP contribution in [0.4, 0.5) is 0 Å². The molecular weight excluding hydrogens is 286 g/mol. The van der Waals surface area contributed by atoms with E-state index in [2.05, 4.69) is 24.5 Å². The fourth-order valence-electron chi connectivity index (χ4n) is 1.38. The topological polar surface area (TPSA) is 84.2 Å². The highest BCUT2D eigenvalue weighted by Gasteiger charge is 2.22. The van der Waals surface area contributed by atoms with Gasteiger partial charge in [0.25, 0.3) is 0 Å². The smallest absolute Gasteiger partial charge is 0.239 e. The molecule has 1 rings (SSSR count). The number of hydrogen-bond acceptors (Lipinski definition) is 4. The number of rotatable bonds is 6. The molecule has 0 bridgehead atoms. The lowest BCUT2D eigenvalue weighted by atomic mass is 9.91. The van der Waals surface area contributed by atoms with E-state index in [-0.39, 0.29) is 42.7 Å². The van der Waals surface area contributed by atoms with Crippen molar-refractivity contribution in [3.63, 3.8) is 0 Å². The highest BCUT2D eigenvalue weighted by atomic mass is 35.5. The Hall–Kier alpha value is -1.11. The highest BCUT2D eigenvalue weighted by Crippen LogP contribution is 2.26. The number of nitrogens with one attached hydrogen (secondary N) is 2. The Kier molecular flexibility index (Phi) is 7.66. The second-order valence-corrected chi connectivity index (χ2v) is 5.57. The summed E-state index contributed by atoms with van der Waals surface area (Å²) in [6.45, 7) is 4.53. The summed E-state index contributed by atoms with van der Waals surface area (Å²) in [5.41, 5.74) is 5.01. The van der Waals surface area contributed by atoms with Crippen LogP contribution < -0.4 is 16.4 Å². The lowest BCUT2D eigenvalue weighted by molar-refractivity contribution is -0.125. The van der Waals surface area contributed by atoms with Crippen molar-refractivity contribution in [2.75, 3.05) is 19.6 Å². The molecule has 5 nitrogen and oxygen atoms in total. The molecule has 0 aliphatic rings. The fraction of sp³-hybridized carbons (Fsp3) is 0.500. The Morgan fingerprint density at radius 3 is 2.53 bits per heavy atom. The number of halogens is 1. The molecule has 0 saturated carbocycles. The van der Waals surface area contributed by atoms with Gasteiger partial charge in [-0.1, -0.05) is 19.9 Å². The van der Waals surface area contributed by atoms with Crippen LogP contribution in [0.3, 0.4) is 0 Å². The van der Waals surface area contributed by atoms with Crippen LogP contribution in [0.5, 0.6) is 0 Å². The van der Waals surface area contributed by atoms with Gasteiger partial charge in [0.1, 0.15) is 0 Å². The maximum Gasteiger partial charge on any atom is 0.239 e. The monoisotopic (exact) mass is 305 g/mol. The second-order valence-electron chi connectivity index (χ2n) is 4.62. The summed E-state index contributed by atoms with van der Waals surface area (Å²) in [4.78, 5) is 23.6. The van der Waals surface area contributed by atoms with E-state index in [1.54, 1.807) is 11.3 Å². The maximum absolute atomic E-state index is 11.5. The van der Waals surface area contributed by atoms with Gasteiger partial charge < -0.3 is 16.4 Å². The standard InChI is InChI=1S/C12H19N3O2S.ClH/c1-12(2,9-4-3-5-18-9)8-15-11(17)7-14-10(16)6-13;/h3-5H,6-8,13H2,1-2H3,(H,14,16)(H,15,17);1H. The van der Waals surface area contributed by atoms with Crippen molar-refractivity contribution in [2.24, 2.45) is 5.73 Å². The molecule has 108 valence electrons. The first-order chi connectivity index (χ1) is 8.45. The zero-order chi connectivity index (χ0) is 13.6. The minimum Gasteiger partial charge on any atom is -0.354 e. The van der Waals surface area contributed by atoms with Crippen molar-refractivity contribution in [3.05, 3.63) is 22.4 Å². The van der Waals surface area contributed by atoms with Gasteiger partial charge in [-0.05, 0) is 11.4 Å². The summed E-state index contributed by atoms with van der Waals surface area (Å²) in [6.07, 6.45) is 0. The van der Waals surface area contributed by atoms with Gasteiger partial charge in [-0.3, -0.25) is 9.59 Å². The minimum absolute atomic E-state index is 0. The lowest BCUT2D eigenvalue weighted by Crippen LogP contribution is -2.43. The molecule has 19 heavy (non-hydrogen) atoms. The largest absolute Gasteiger partial charge is 0.354 e. The van der Waals surface area contributed by atoms with Crippen molar-refractivity contribution in [3.8, 4) is 0 Å². The fourth-order valence-corrected chi connectivity index (χ4v) is 2.24. The number of thiophene rings is 1. The molecule has 0 radical (unpaired) electrons. The zero-order valence-electron chi connectivity index (χ0n) is 11.1. The van der Waals surface area contributed by atoms with E-state index in [1.807, 2.05) is 17.5 Å². The number of nitrogens with two attached hydrogens (primary N) is 1. The van der Waals surface area contributed by atoms with Gasteiger partial charge >= 0.3 is 0 Å². The molecule has 0 spiro atoms. The Morgan fingerprint density at radius 1 is 1.32 bits per heavy atom. The van der Waals surface area contributed by atoms with E-state index in [4.69, 9.17) is 5.73 Å². The van der Waals surface area contributed by atoms with Crippen LogP contribution in [-0.4, -0.2) is 31.4 Å². The number of carbonyl (C=O) groups excluding carboxylic acids is 2. The summed E-state index contributed by atoms with van der Waals surface area (Å²) in [6, 6.07) is 4.04. The Morgan fingerprint density at radius 2 is 2.00 bits per heavy atom. The molecule has 0 fully saturated rings. The van der Waals surface area contributed by atoms with Crippen molar-refractivity contribution in [1.29, 1.82) is 0 Å². The van der Waals surface area contributed by atoms with Gasteiger partial charge in [0.2, 0.25) is 11.8 Å². The Balaban J connectivity index is 0.00000324. The first-order valence-corrected chi connectivity index (χ1v) is 6.61. The van der Waals surface area contributed by atoms with Gasteiger partial charge in [0.05, 0.1) is 13.1 Å². The summed E-state index contributed by atoms with van der Waals surface area (Å²) in [7, 11) is 0. The molecule has 0 aromatic carbocycles. The van der Waals surface area contributed by atoms with Crippen LogP contribution in [0, 0.1) is 0 Å². The zero-order valence-corrected chi connectivity index (χ0v) is 12.7. The predicted molar refractivity (Wildman–Crippen MR) is 79.7 cm³/mol. The summed E-state index contributed by atoms with van der Waals surface area (Å²) >= 11 is 1.67. The van der Waals surface area contributed by atoms with Crippen molar-refractivity contribution in [1.82, 2.24) is 10.6 Å². The molecule has 1 heterocycles. The van der Waals surface area contributed by atoms with Crippen LogP contribution in [0.15, 0.2) is 17.5 Å². The van der Waals surface area contributed by atoms with Crippen molar-refractivity contribution < 1.29 is 9.59 Å². The third kappa shape index (κ3) is 6.04. The average Bonchev–Trinajstić information content (AvgIpc) is 2.88. The number of amides is 2. The normalized spacial score (nSPS) is 10.5. The van der Waals surface area contributed by atoms with E-state index in [1.165, 1.54) is 4.88 Å². The SMILES string of the molecule is CC(C)(CNC(=O)CNC(=O)CN)c1cccs1.Cl. The minimum atomic E-state index is -0.331. The van der Waals surface area contributed by atoms with Gasteiger partial charge in [-0.25, -0.2) is 0 Å². The molecule has 4 N–H and O–H groups in total. The van der Waals surface area contributed by atoms with Crippen molar-refractivity contribution >= 4 is 35.6 Å². The van der Waals surface area contributed by atoms with Gasteiger partial charge in [0, 0.05) is 16.8 Å². The van der Waals surface area contributed by atoms with Gasteiger partial charge in [0.15, 0.2) is 0 Å². The molecule has 0 aliphatic heterocycles. The third-order valence-corrected chi connectivity index (χ3v) is 3.78.